The molecule has 6 heteroatoms. The zero-order valence-corrected chi connectivity index (χ0v) is 17.6. The van der Waals surface area contributed by atoms with Crippen molar-refractivity contribution in [1.29, 1.82) is 0 Å². The van der Waals surface area contributed by atoms with Gasteiger partial charge >= 0.3 is 0 Å². The fraction of sp³-hybridized carbons (Fsp3) is 0.167. The standard InChI is InChI=1S/C24H23ClN2O3/c1-16-6-5-9-23(17(16)2)30-15-24(29)27-26-14-20-13-18(10-11-22(20)28)12-19-7-3-4-8-21(19)25/h3-11,13-14,28H,12,15H2,1-2H3,(H,27,29)/b26-14-. The summed E-state index contributed by atoms with van der Waals surface area (Å²) < 4.78 is 5.55. The van der Waals surface area contributed by atoms with Gasteiger partial charge in [-0.2, -0.15) is 5.10 Å². The first-order valence-electron chi connectivity index (χ1n) is 9.50. The molecule has 0 aliphatic heterocycles. The number of phenolic OH excluding ortho intramolecular Hbond substituents is 1. The van der Waals surface area contributed by atoms with Gasteiger partial charge in [-0.05, 0) is 66.8 Å². The molecule has 0 aliphatic rings. The van der Waals surface area contributed by atoms with Gasteiger partial charge in [0.25, 0.3) is 5.91 Å². The number of carbonyl (C=O) groups excluding carboxylic acids is 1. The average molecular weight is 423 g/mol. The lowest BCUT2D eigenvalue weighted by atomic mass is 10.0. The highest BCUT2D eigenvalue weighted by Gasteiger charge is 2.07. The minimum atomic E-state index is -0.390. The summed E-state index contributed by atoms with van der Waals surface area (Å²) in [4.78, 5) is 12.0. The smallest absolute Gasteiger partial charge is 0.277 e. The molecular weight excluding hydrogens is 400 g/mol. The van der Waals surface area contributed by atoms with Crippen molar-refractivity contribution in [2.24, 2.45) is 5.10 Å². The van der Waals surface area contributed by atoms with E-state index in [2.05, 4.69) is 10.5 Å². The Morgan fingerprint density at radius 1 is 1.13 bits per heavy atom. The van der Waals surface area contributed by atoms with Gasteiger partial charge in [0.1, 0.15) is 11.5 Å². The van der Waals surface area contributed by atoms with E-state index in [-0.39, 0.29) is 18.3 Å². The molecule has 3 aromatic rings. The van der Waals surface area contributed by atoms with Crippen LogP contribution in [-0.2, 0) is 11.2 Å². The van der Waals surface area contributed by atoms with Crippen LogP contribution >= 0.6 is 11.6 Å². The van der Waals surface area contributed by atoms with E-state index in [1.54, 1.807) is 12.1 Å². The van der Waals surface area contributed by atoms with Crippen LogP contribution in [0.1, 0.15) is 27.8 Å². The molecule has 0 radical (unpaired) electrons. The van der Waals surface area contributed by atoms with Gasteiger partial charge in [0.2, 0.25) is 0 Å². The summed E-state index contributed by atoms with van der Waals surface area (Å²) in [5, 5.41) is 14.7. The Morgan fingerprint density at radius 2 is 1.93 bits per heavy atom. The van der Waals surface area contributed by atoms with Crippen molar-refractivity contribution in [3.63, 3.8) is 0 Å². The van der Waals surface area contributed by atoms with Crippen LogP contribution < -0.4 is 10.2 Å². The van der Waals surface area contributed by atoms with Gasteiger partial charge < -0.3 is 9.84 Å². The Kier molecular flexibility index (Phi) is 7.09. The molecule has 0 aliphatic carbocycles. The van der Waals surface area contributed by atoms with E-state index in [4.69, 9.17) is 16.3 Å². The number of carbonyl (C=O) groups is 1. The number of amides is 1. The summed E-state index contributed by atoms with van der Waals surface area (Å²) in [6.45, 7) is 3.78. The molecule has 0 fully saturated rings. The molecule has 0 bridgehead atoms. The lowest BCUT2D eigenvalue weighted by Gasteiger charge is -2.09. The van der Waals surface area contributed by atoms with Gasteiger partial charge in [-0.3, -0.25) is 4.79 Å². The summed E-state index contributed by atoms with van der Waals surface area (Å²) in [6, 6.07) is 18.5. The molecule has 0 saturated carbocycles. The third-order valence-corrected chi connectivity index (χ3v) is 5.12. The highest BCUT2D eigenvalue weighted by molar-refractivity contribution is 6.31. The van der Waals surface area contributed by atoms with Crippen LogP contribution in [0.15, 0.2) is 65.8 Å². The van der Waals surface area contributed by atoms with Crippen molar-refractivity contribution in [2.45, 2.75) is 20.3 Å². The van der Waals surface area contributed by atoms with Gasteiger partial charge in [-0.25, -0.2) is 5.43 Å². The summed E-state index contributed by atoms with van der Waals surface area (Å²) >= 11 is 6.22. The Labute approximate surface area is 181 Å². The third-order valence-electron chi connectivity index (χ3n) is 4.75. The van der Waals surface area contributed by atoms with Crippen molar-refractivity contribution >= 4 is 23.7 Å². The second-order valence-corrected chi connectivity index (χ2v) is 7.35. The van der Waals surface area contributed by atoms with Crippen LogP contribution in [0.4, 0.5) is 0 Å². The normalized spacial score (nSPS) is 10.9. The monoisotopic (exact) mass is 422 g/mol. The zero-order valence-electron chi connectivity index (χ0n) is 16.9. The van der Waals surface area contributed by atoms with Crippen LogP contribution in [0.3, 0.4) is 0 Å². The topological polar surface area (TPSA) is 70.9 Å². The fourth-order valence-corrected chi connectivity index (χ4v) is 3.11. The van der Waals surface area contributed by atoms with E-state index in [0.717, 1.165) is 22.3 Å². The number of hydrazone groups is 1. The van der Waals surface area contributed by atoms with E-state index < -0.39 is 0 Å². The maximum atomic E-state index is 12.0. The van der Waals surface area contributed by atoms with Crippen LogP contribution in [0, 0.1) is 13.8 Å². The number of nitrogens with zero attached hydrogens (tertiary/aromatic N) is 1. The maximum absolute atomic E-state index is 12.0. The molecular formula is C24H23ClN2O3. The van der Waals surface area contributed by atoms with Crippen LogP contribution in [0.5, 0.6) is 11.5 Å². The molecule has 0 spiro atoms. The van der Waals surface area contributed by atoms with Gasteiger partial charge in [0.15, 0.2) is 6.61 Å². The van der Waals surface area contributed by atoms with E-state index in [9.17, 15) is 9.90 Å². The first-order chi connectivity index (χ1) is 14.4. The SMILES string of the molecule is Cc1cccc(OCC(=O)N/N=C\c2cc(Cc3ccccc3Cl)ccc2O)c1C. The zero-order chi connectivity index (χ0) is 21.5. The molecule has 0 heterocycles. The van der Waals surface area contributed by atoms with Gasteiger partial charge in [0, 0.05) is 10.6 Å². The molecule has 1 amide bonds. The quantitative estimate of drug-likeness (QED) is 0.425. The number of hydrogen-bond donors (Lipinski definition) is 2. The molecule has 0 unspecified atom stereocenters. The molecule has 0 atom stereocenters. The van der Waals surface area contributed by atoms with E-state index >= 15 is 0 Å². The van der Waals surface area contributed by atoms with Gasteiger partial charge in [0.05, 0.1) is 6.21 Å². The van der Waals surface area contributed by atoms with Crippen molar-refractivity contribution in [3.05, 3.63) is 93.5 Å². The third kappa shape index (κ3) is 5.61. The molecule has 30 heavy (non-hydrogen) atoms. The first kappa shape index (κ1) is 21.4. The molecule has 0 saturated heterocycles. The highest BCUT2D eigenvalue weighted by Crippen LogP contribution is 2.23. The van der Waals surface area contributed by atoms with Gasteiger partial charge in [-0.15, -0.1) is 0 Å². The summed E-state index contributed by atoms with van der Waals surface area (Å²) in [6.07, 6.45) is 2.03. The van der Waals surface area contributed by atoms with E-state index in [1.807, 2.05) is 62.4 Å². The van der Waals surface area contributed by atoms with Crippen molar-refractivity contribution in [1.82, 2.24) is 5.43 Å². The van der Waals surface area contributed by atoms with Crippen LogP contribution in [-0.4, -0.2) is 23.8 Å². The Hall–Kier alpha value is -3.31. The molecule has 0 aromatic heterocycles. The lowest BCUT2D eigenvalue weighted by Crippen LogP contribution is -2.24. The highest BCUT2D eigenvalue weighted by atomic mass is 35.5. The number of rotatable bonds is 7. The lowest BCUT2D eigenvalue weighted by molar-refractivity contribution is -0.123. The van der Waals surface area contributed by atoms with Crippen LogP contribution in [0.25, 0.3) is 0 Å². The first-order valence-corrected chi connectivity index (χ1v) is 9.88. The molecule has 154 valence electrons. The Morgan fingerprint density at radius 3 is 2.73 bits per heavy atom. The van der Waals surface area contributed by atoms with Gasteiger partial charge in [-0.1, -0.05) is 48.0 Å². The number of benzene rings is 3. The predicted octanol–water partition coefficient (Wildman–Crippen LogP) is 4.78. The number of halogens is 1. The number of aromatic hydroxyl groups is 1. The van der Waals surface area contributed by atoms with E-state index in [0.29, 0.717) is 22.8 Å². The summed E-state index contributed by atoms with van der Waals surface area (Å²) in [5.74, 6) is 0.348. The Balaban J connectivity index is 1.59. The van der Waals surface area contributed by atoms with Crippen molar-refractivity contribution in [3.8, 4) is 11.5 Å². The minimum absolute atomic E-state index is 0.0718. The predicted molar refractivity (Wildman–Crippen MR) is 120 cm³/mol. The van der Waals surface area contributed by atoms with E-state index in [1.165, 1.54) is 6.21 Å². The number of aryl methyl sites for hydroxylation is 1. The second kappa shape index (κ2) is 9.94. The summed E-state index contributed by atoms with van der Waals surface area (Å²) in [5.41, 5.74) is 6.96. The average Bonchev–Trinajstić information content (AvgIpc) is 2.73. The summed E-state index contributed by atoms with van der Waals surface area (Å²) in [7, 11) is 0. The fourth-order valence-electron chi connectivity index (χ4n) is 2.91. The number of ether oxygens (including phenoxy) is 1. The largest absolute Gasteiger partial charge is 0.507 e. The van der Waals surface area contributed by atoms with Crippen molar-refractivity contribution < 1.29 is 14.6 Å². The molecule has 2 N–H and O–H groups in total. The Bertz CT molecular complexity index is 1080. The number of nitrogens with one attached hydrogen (secondary N) is 1. The molecule has 5 nitrogen and oxygen atoms in total. The maximum Gasteiger partial charge on any atom is 0.277 e. The van der Waals surface area contributed by atoms with Crippen LogP contribution in [0.2, 0.25) is 5.02 Å². The second-order valence-electron chi connectivity index (χ2n) is 6.94. The number of hydrogen-bond acceptors (Lipinski definition) is 4. The minimum Gasteiger partial charge on any atom is -0.507 e. The molecule has 3 rings (SSSR count). The number of phenols is 1. The molecule has 3 aromatic carbocycles. The van der Waals surface area contributed by atoms with Crippen molar-refractivity contribution in [2.75, 3.05) is 6.61 Å².